The Kier molecular flexibility index (Phi) is 5.87. The molecule has 0 bridgehead atoms. The van der Waals surface area contributed by atoms with Crippen LogP contribution < -0.4 is 11.1 Å². The van der Waals surface area contributed by atoms with Crippen molar-refractivity contribution in [3.8, 4) is 6.07 Å². The summed E-state index contributed by atoms with van der Waals surface area (Å²) in [5.41, 5.74) is 5.79. The van der Waals surface area contributed by atoms with Crippen LogP contribution in [-0.4, -0.2) is 18.5 Å². The number of rotatable bonds is 5. The molecule has 0 heterocycles. The molecule has 0 aromatic heterocycles. The lowest BCUT2D eigenvalue weighted by Gasteiger charge is -2.25. The molecule has 1 fully saturated rings. The quantitative estimate of drug-likeness (QED) is 0.690. The molecular weight excluding hydrogens is 202 g/mol. The molecule has 0 unspecified atom stereocenters. The van der Waals surface area contributed by atoms with E-state index in [2.05, 4.69) is 11.4 Å². The van der Waals surface area contributed by atoms with Crippen molar-refractivity contribution in [2.75, 3.05) is 6.54 Å². The molecule has 1 aliphatic carbocycles. The molecule has 0 aromatic carbocycles. The van der Waals surface area contributed by atoms with Gasteiger partial charge in [0.2, 0.25) is 5.91 Å². The van der Waals surface area contributed by atoms with Gasteiger partial charge >= 0.3 is 0 Å². The number of amides is 1. The number of hydrogen-bond donors (Lipinski definition) is 2. The van der Waals surface area contributed by atoms with Crippen LogP contribution in [0.1, 0.15) is 44.9 Å². The second kappa shape index (κ2) is 7.24. The van der Waals surface area contributed by atoms with Gasteiger partial charge in [0, 0.05) is 24.9 Å². The number of nitrogens with zero attached hydrogens (tertiary/aromatic N) is 1. The fourth-order valence-electron chi connectivity index (χ4n) is 2.07. The van der Waals surface area contributed by atoms with Gasteiger partial charge in [-0.25, -0.2) is 0 Å². The van der Waals surface area contributed by atoms with Gasteiger partial charge in [-0.3, -0.25) is 4.79 Å². The zero-order valence-electron chi connectivity index (χ0n) is 9.74. The molecule has 3 N–H and O–H groups in total. The predicted molar refractivity (Wildman–Crippen MR) is 62.4 cm³/mol. The third kappa shape index (κ3) is 4.63. The van der Waals surface area contributed by atoms with E-state index in [0.29, 0.717) is 19.0 Å². The maximum atomic E-state index is 11.7. The van der Waals surface area contributed by atoms with Crippen LogP contribution in [0.2, 0.25) is 0 Å². The molecule has 1 aliphatic rings. The highest BCUT2D eigenvalue weighted by Crippen LogP contribution is 2.23. The summed E-state index contributed by atoms with van der Waals surface area (Å²) < 4.78 is 0. The molecule has 0 spiro atoms. The van der Waals surface area contributed by atoms with Gasteiger partial charge in [0.25, 0.3) is 0 Å². The lowest BCUT2D eigenvalue weighted by atomic mass is 9.86. The van der Waals surface area contributed by atoms with E-state index in [0.717, 1.165) is 38.5 Å². The standard InChI is InChI=1S/C12H21N3O/c13-8-2-1-3-9-15-12(16)10-4-6-11(14)7-5-10/h10-11H,1-7,9,14H2,(H,15,16). The predicted octanol–water partition coefficient (Wildman–Crippen LogP) is 1.31. The average Bonchev–Trinajstić information content (AvgIpc) is 2.29. The van der Waals surface area contributed by atoms with Crippen molar-refractivity contribution in [3.63, 3.8) is 0 Å². The van der Waals surface area contributed by atoms with Gasteiger partial charge in [0.15, 0.2) is 0 Å². The number of unbranched alkanes of at least 4 members (excludes halogenated alkanes) is 2. The Morgan fingerprint density at radius 1 is 1.31 bits per heavy atom. The Bertz CT molecular complexity index is 251. The van der Waals surface area contributed by atoms with E-state index >= 15 is 0 Å². The van der Waals surface area contributed by atoms with Crippen molar-refractivity contribution < 1.29 is 4.79 Å². The first-order chi connectivity index (χ1) is 7.74. The Hall–Kier alpha value is -1.08. The molecule has 90 valence electrons. The topological polar surface area (TPSA) is 78.9 Å². The fourth-order valence-corrected chi connectivity index (χ4v) is 2.07. The van der Waals surface area contributed by atoms with Gasteiger partial charge < -0.3 is 11.1 Å². The van der Waals surface area contributed by atoms with Gasteiger partial charge in [-0.05, 0) is 38.5 Å². The summed E-state index contributed by atoms with van der Waals surface area (Å²) >= 11 is 0. The van der Waals surface area contributed by atoms with Crippen molar-refractivity contribution in [1.29, 1.82) is 5.26 Å². The Balaban J connectivity index is 2.08. The summed E-state index contributed by atoms with van der Waals surface area (Å²) in [6.07, 6.45) is 6.11. The van der Waals surface area contributed by atoms with E-state index in [9.17, 15) is 4.79 Å². The average molecular weight is 223 g/mol. The maximum absolute atomic E-state index is 11.7. The summed E-state index contributed by atoms with van der Waals surface area (Å²) in [6, 6.07) is 2.39. The first kappa shape index (κ1) is 13.0. The van der Waals surface area contributed by atoms with Crippen molar-refractivity contribution in [2.45, 2.75) is 51.0 Å². The van der Waals surface area contributed by atoms with Crippen molar-refractivity contribution >= 4 is 5.91 Å². The largest absolute Gasteiger partial charge is 0.356 e. The zero-order chi connectivity index (χ0) is 11.8. The minimum absolute atomic E-state index is 0.163. The van der Waals surface area contributed by atoms with Crippen LogP contribution in [0, 0.1) is 17.2 Å². The van der Waals surface area contributed by atoms with Gasteiger partial charge in [0.05, 0.1) is 6.07 Å². The molecule has 1 saturated carbocycles. The molecule has 0 aromatic rings. The van der Waals surface area contributed by atoms with Crippen LogP contribution in [0.4, 0.5) is 0 Å². The second-order valence-corrected chi connectivity index (χ2v) is 4.52. The third-order valence-corrected chi connectivity index (χ3v) is 3.16. The number of nitriles is 1. The number of nitrogens with two attached hydrogens (primary N) is 1. The number of hydrogen-bond acceptors (Lipinski definition) is 3. The van der Waals surface area contributed by atoms with Crippen LogP contribution in [0.15, 0.2) is 0 Å². The second-order valence-electron chi connectivity index (χ2n) is 4.52. The van der Waals surface area contributed by atoms with Crippen LogP contribution in [-0.2, 0) is 4.79 Å². The molecule has 1 amide bonds. The normalized spacial score (nSPS) is 24.8. The van der Waals surface area contributed by atoms with Crippen molar-refractivity contribution in [2.24, 2.45) is 11.7 Å². The Morgan fingerprint density at radius 3 is 2.62 bits per heavy atom. The Morgan fingerprint density at radius 2 is 2.00 bits per heavy atom. The summed E-state index contributed by atoms with van der Waals surface area (Å²) in [6.45, 7) is 0.697. The number of nitrogens with one attached hydrogen (secondary N) is 1. The maximum Gasteiger partial charge on any atom is 0.223 e. The summed E-state index contributed by atoms with van der Waals surface area (Å²) in [7, 11) is 0. The number of carbonyl (C=O) groups is 1. The van der Waals surface area contributed by atoms with Gasteiger partial charge in [-0.2, -0.15) is 5.26 Å². The highest BCUT2D eigenvalue weighted by atomic mass is 16.1. The van der Waals surface area contributed by atoms with Crippen molar-refractivity contribution in [1.82, 2.24) is 5.32 Å². The minimum atomic E-state index is 0.163. The van der Waals surface area contributed by atoms with Gasteiger partial charge in [-0.15, -0.1) is 0 Å². The monoisotopic (exact) mass is 223 g/mol. The number of carbonyl (C=O) groups excluding carboxylic acids is 1. The molecule has 16 heavy (non-hydrogen) atoms. The molecule has 0 aliphatic heterocycles. The van der Waals surface area contributed by atoms with E-state index in [1.54, 1.807) is 0 Å². The summed E-state index contributed by atoms with van der Waals surface area (Å²) in [4.78, 5) is 11.7. The van der Waals surface area contributed by atoms with E-state index in [-0.39, 0.29) is 11.8 Å². The zero-order valence-corrected chi connectivity index (χ0v) is 9.74. The van der Waals surface area contributed by atoms with Gasteiger partial charge in [0.1, 0.15) is 0 Å². The smallest absolute Gasteiger partial charge is 0.223 e. The molecule has 0 atom stereocenters. The SMILES string of the molecule is N#CCCCCNC(=O)C1CCC(N)CC1. The molecule has 4 heteroatoms. The van der Waals surface area contributed by atoms with E-state index in [4.69, 9.17) is 11.0 Å². The highest BCUT2D eigenvalue weighted by Gasteiger charge is 2.23. The Labute approximate surface area is 97.2 Å². The van der Waals surface area contributed by atoms with E-state index < -0.39 is 0 Å². The molecule has 4 nitrogen and oxygen atoms in total. The van der Waals surface area contributed by atoms with Crippen molar-refractivity contribution in [3.05, 3.63) is 0 Å². The first-order valence-electron chi connectivity index (χ1n) is 6.14. The van der Waals surface area contributed by atoms with Crippen LogP contribution in [0.5, 0.6) is 0 Å². The van der Waals surface area contributed by atoms with E-state index in [1.807, 2.05) is 0 Å². The van der Waals surface area contributed by atoms with Crippen LogP contribution in [0.3, 0.4) is 0 Å². The fraction of sp³-hybridized carbons (Fsp3) is 0.833. The van der Waals surface area contributed by atoms with E-state index in [1.165, 1.54) is 0 Å². The van der Waals surface area contributed by atoms with Gasteiger partial charge in [-0.1, -0.05) is 0 Å². The third-order valence-electron chi connectivity index (χ3n) is 3.16. The molecule has 1 rings (SSSR count). The molecule has 0 saturated heterocycles. The molecular formula is C12H21N3O. The van der Waals surface area contributed by atoms with Crippen LogP contribution in [0.25, 0.3) is 0 Å². The first-order valence-corrected chi connectivity index (χ1v) is 6.14. The lowest BCUT2D eigenvalue weighted by Crippen LogP contribution is -2.36. The summed E-state index contributed by atoms with van der Waals surface area (Å²) in [5, 5.41) is 11.3. The highest BCUT2D eigenvalue weighted by molar-refractivity contribution is 5.78. The summed E-state index contributed by atoms with van der Waals surface area (Å²) in [5.74, 6) is 0.333. The minimum Gasteiger partial charge on any atom is -0.356 e. The van der Waals surface area contributed by atoms with Crippen LogP contribution >= 0.6 is 0 Å². The molecule has 0 radical (unpaired) electrons. The lowest BCUT2D eigenvalue weighted by molar-refractivity contribution is -0.125.